The molecule has 3 heteroatoms. The number of likely N-dealkylation sites (tertiary alicyclic amines) is 1. The monoisotopic (exact) mass is 294 g/mol. The van der Waals surface area contributed by atoms with Gasteiger partial charge in [-0.25, -0.2) is 0 Å². The zero-order valence-electron chi connectivity index (χ0n) is 13.1. The van der Waals surface area contributed by atoms with E-state index >= 15 is 0 Å². The van der Waals surface area contributed by atoms with Crippen LogP contribution in [0, 0.1) is 5.92 Å². The predicted molar refractivity (Wildman–Crippen MR) is 89.1 cm³/mol. The molecule has 1 aromatic heterocycles. The number of rotatable bonds is 6. The van der Waals surface area contributed by atoms with E-state index in [2.05, 4.69) is 35.6 Å². The third-order valence-corrected chi connectivity index (χ3v) is 5.44. The molecule has 2 heterocycles. The lowest BCUT2D eigenvalue weighted by Gasteiger charge is -2.34. The average Bonchev–Trinajstić information content (AvgIpc) is 2.88. The van der Waals surface area contributed by atoms with Crippen LogP contribution >= 0.6 is 11.3 Å². The minimum absolute atomic E-state index is 0.257. The fourth-order valence-electron chi connectivity index (χ4n) is 3.56. The Balaban J connectivity index is 2.05. The maximum Gasteiger partial charge on any atom is 0.0507 e. The predicted octanol–water partition coefficient (Wildman–Crippen LogP) is 4.43. The summed E-state index contributed by atoms with van der Waals surface area (Å²) in [5, 5.41) is 4.47. The molecule has 1 aliphatic rings. The van der Waals surface area contributed by atoms with Crippen molar-refractivity contribution in [3.63, 3.8) is 0 Å². The van der Waals surface area contributed by atoms with E-state index in [1.165, 1.54) is 50.8 Å². The summed E-state index contributed by atoms with van der Waals surface area (Å²) in [6.45, 7) is 6.96. The highest BCUT2D eigenvalue weighted by atomic mass is 32.1. The molecule has 2 N–H and O–H groups in total. The van der Waals surface area contributed by atoms with Crippen molar-refractivity contribution in [2.45, 2.75) is 64.5 Å². The van der Waals surface area contributed by atoms with Crippen LogP contribution in [0.4, 0.5) is 0 Å². The molecule has 1 aliphatic heterocycles. The fraction of sp³-hybridized carbons (Fsp3) is 0.765. The second kappa shape index (κ2) is 8.16. The molecule has 0 bridgehead atoms. The van der Waals surface area contributed by atoms with Crippen LogP contribution in [0.25, 0.3) is 0 Å². The van der Waals surface area contributed by atoms with E-state index in [0.29, 0.717) is 6.04 Å². The summed E-state index contributed by atoms with van der Waals surface area (Å²) in [5.74, 6) is 0.936. The lowest BCUT2D eigenvalue weighted by Crippen LogP contribution is -2.41. The fourth-order valence-corrected chi connectivity index (χ4v) is 4.25. The molecule has 2 nitrogen and oxygen atoms in total. The minimum Gasteiger partial charge on any atom is -0.326 e. The normalized spacial score (nSPS) is 24.2. The molecule has 0 radical (unpaired) electrons. The van der Waals surface area contributed by atoms with Gasteiger partial charge in [0.2, 0.25) is 0 Å². The van der Waals surface area contributed by atoms with E-state index in [1.807, 2.05) is 0 Å². The van der Waals surface area contributed by atoms with Crippen molar-refractivity contribution in [1.82, 2.24) is 4.90 Å². The third-order valence-electron chi connectivity index (χ3n) is 4.73. The van der Waals surface area contributed by atoms with Crippen LogP contribution in [0.15, 0.2) is 16.8 Å². The molecule has 20 heavy (non-hydrogen) atoms. The van der Waals surface area contributed by atoms with Gasteiger partial charge in [0.15, 0.2) is 0 Å². The Hall–Kier alpha value is -0.380. The molecule has 2 rings (SSSR count). The Labute approximate surface area is 128 Å². The zero-order chi connectivity index (χ0) is 14.4. The largest absolute Gasteiger partial charge is 0.326 e. The lowest BCUT2D eigenvalue weighted by atomic mass is 9.95. The molecule has 114 valence electrons. The average molecular weight is 295 g/mol. The Morgan fingerprint density at radius 2 is 2.20 bits per heavy atom. The standard InChI is InChI=1S/C17H30N2S/c1-3-6-14-7-5-10-19(11-8-14)17(16(18)4-2)15-9-12-20-13-15/h9,12-14,16-17H,3-8,10-11,18H2,1-2H3. The van der Waals surface area contributed by atoms with Crippen molar-refractivity contribution in [2.24, 2.45) is 11.7 Å². The summed E-state index contributed by atoms with van der Waals surface area (Å²) in [7, 11) is 0. The maximum atomic E-state index is 6.45. The van der Waals surface area contributed by atoms with Gasteiger partial charge in [-0.3, -0.25) is 4.90 Å². The van der Waals surface area contributed by atoms with E-state index in [-0.39, 0.29) is 6.04 Å². The van der Waals surface area contributed by atoms with Gasteiger partial charge in [-0.05, 0) is 67.1 Å². The van der Waals surface area contributed by atoms with Crippen LogP contribution in [0.3, 0.4) is 0 Å². The van der Waals surface area contributed by atoms with Gasteiger partial charge in [-0.15, -0.1) is 0 Å². The van der Waals surface area contributed by atoms with Crippen LogP contribution in [0.1, 0.15) is 64.0 Å². The van der Waals surface area contributed by atoms with Crippen molar-refractivity contribution in [2.75, 3.05) is 13.1 Å². The van der Waals surface area contributed by atoms with Crippen molar-refractivity contribution >= 4 is 11.3 Å². The Bertz CT molecular complexity index is 363. The quantitative estimate of drug-likeness (QED) is 0.841. The van der Waals surface area contributed by atoms with E-state index < -0.39 is 0 Å². The molecular formula is C17H30N2S. The van der Waals surface area contributed by atoms with Gasteiger partial charge in [0.1, 0.15) is 0 Å². The molecule has 1 fully saturated rings. The SMILES string of the molecule is CCCC1CCCN(C(c2ccsc2)C(N)CC)CC1. The summed E-state index contributed by atoms with van der Waals surface area (Å²) in [5.41, 5.74) is 7.88. The lowest BCUT2D eigenvalue weighted by molar-refractivity contribution is 0.173. The van der Waals surface area contributed by atoms with Crippen LogP contribution in [-0.4, -0.2) is 24.0 Å². The van der Waals surface area contributed by atoms with Crippen molar-refractivity contribution in [3.05, 3.63) is 22.4 Å². The van der Waals surface area contributed by atoms with E-state index in [4.69, 9.17) is 5.73 Å². The number of thiophene rings is 1. The van der Waals surface area contributed by atoms with Crippen LogP contribution in [0.2, 0.25) is 0 Å². The number of hydrogen-bond donors (Lipinski definition) is 1. The van der Waals surface area contributed by atoms with Crippen molar-refractivity contribution in [1.29, 1.82) is 0 Å². The number of nitrogens with zero attached hydrogens (tertiary/aromatic N) is 1. The van der Waals surface area contributed by atoms with Crippen LogP contribution in [0.5, 0.6) is 0 Å². The summed E-state index contributed by atoms with van der Waals surface area (Å²) in [6.07, 6.45) is 7.87. The summed E-state index contributed by atoms with van der Waals surface area (Å²) < 4.78 is 0. The number of nitrogens with two attached hydrogens (primary N) is 1. The summed E-state index contributed by atoms with van der Waals surface area (Å²) in [4.78, 5) is 2.66. The topological polar surface area (TPSA) is 29.3 Å². The first-order chi connectivity index (χ1) is 9.76. The summed E-state index contributed by atoms with van der Waals surface area (Å²) >= 11 is 1.79. The Kier molecular flexibility index (Phi) is 6.53. The van der Waals surface area contributed by atoms with Crippen LogP contribution in [-0.2, 0) is 0 Å². The van der Waals surface area contributed by atoms with Gasteiger partial charge in [-0.1, -0.05) is 26.7 Å². The highest BCUT2D eigenvalue weighted by Crippen LogP contribution is 2.31. The minimum atomic E-state index is 0.257. The molecule has 1 saturated heterocycles. The Morgan fingerprint density at radius 1 is 1.35 bits per heavy atom. The first kappa shape index (κ1) is 16.0. The highest BCUT2D eigenvalue weighted by molar-refractivity contribution is 7.07. The molecule has 1 aromatic rings. The molecular weight excluding hydrogens is 264 g/mol. The van der Waals surface area contributed by atoms with Crippen molar-refractivity contribution in [3.8, 4) is 0 Å². The van der Waals surface area contributed by atoms with Gasteiger partial charge in [0, 0.05) is 6.04 Å². The van der Waals surface area contributed by atoms with Gasteiger partial charge >= 0.3 is 0 Å². The van der Waals surface area contributed by atoms with Gasteiger partial charge in [-0.2, -0.15) is 11.3 Å². The second-order valence-corrected chi connectivity index (χ2v) is 6.98. The molecule has 0 aromatic carbocycles. The van der Waals surface area contributed by atoms with E-state index in [9.17, 15) is 0 Å². The van der Waals surface area contributed by atoms with Crippen LogP contribution < -0.4 is 5.73 Å². The maximum absolute atomic E-state index is 6.45. The molecule has 0 aliphatic carbocycles. The van der Waals surface area contributed by atoms with Gasteiger partial charge in [0.25, 0.3) is 0 Å². The molecule has 0 saturated carbocycles. The smallest absolute Gasteiger partial charge is 0.0507 e. The number of hydrogen-bond acceptors (Lipinski definition) is 3. The molecule has 0 amide bonds. The first-order valence-electron chi connectivity index (χ1n) is 8.28. The summed E-state index contributed by atoms with van der Waals surface area (Å²) in [6, 6.07) is 2.94. The first-order valence-corrected chi connectivity index (χ1v) is 9.22. The van der Waals surface area contributed by atoms with Gasteiger partial charge in [0.05, 0.1) is 6.04 Å². The highest BCUT2D eigenvalue weighted by Gasteiger charge is 2.28. The second-order valence-electron chi connectivity index (χ2n) is 6.20. The molecule has 3 atom stereocenters. The molecule has 3 unspecified atom stereocenters. The van der Waals surface area contributed by atoms with Gasteiger partial charge < -0.3 is 5.73 Å². The molecule has 0 spiro atoms. The van der Waals surface area contributed by atoms with E-state index in [0.717, 1.165) is 12.3 Å². The zero-order valence-corrected chi connectivity index (χ0v) is 13.9. The van der Waals surface area contributed by atoms with E-state index in [1.54, 1.807) is 11.3 Å². The van der Waals surface area contributed by atoms with Crippen molar-refractivity contribution < 1.29 is 0 Å². The third kappa shape index (κ3) is 4.06. The Morgan fingerprint density at radius 3 is 2.85 bits per heavy atom.